The molecular weight excluding hydrogens is 465 g/mol. The lowest BCUT2D eigenvalue weighted by Crippen LogP contribution is -2.53. The lowest BCUT2D eigenvalue weighted by atomic mass is 10.1. The van der Waals surface area contributed by atoms with Crippen molar-refractivity contribution in [3.63, 3.8) is 0 Å². The van der Waals surface area contributed by atoms with Crippen molar-refractivity contribution in [2.45, 2.75) is 19.4 Å². The Morgan fingerprint density at radius 3 is 2.57 bits per heavy atom. The van der Waals surface area contributed by atoms with E-state index in [9.17, 15) is 0 Å². The fraction of sp³-hybridized carbons (Fsp3) is 0.667. The van der Waals surface area contributed by atoms with Crippen LogP contribution < -0.4 is 10.2 Å². The maximum absolute atomic E-state index is 5.49. The molecule has 0 radical (unpaired) electrons. The zero-order valence-corrected chi connectivity index (χ0v) is 19.8. The van der Waals surface area contributed by atoms with Gasteiger partial charge in [-0.3, -0.25) is 9.89 Å². The van der Waals surface area contributed by atoms with Gasteiger partial charge in [-0.25, -0.2) is 0 Å². The van der Waals surface area contributed by atoms with Crippen LogP contribution in [0.1, 0.15) is 13.3 Å². The summed E-state index contributed by atoms with van der Waals surface area (Å²) in [5, 5.41) is 3.56. The number of hydrogen-bond acceptors (Lipinski definition) is 4. The minimum absolute atomic E-state index is 0. The number of guanidine groups is 1. The van der Waals surface area contributed by atoms with E-state index in [-0.39, 0.29) is 24.0 Å². The molecule has 1 aromatic carbocycles. The van der Waals surface area contributed by atoms with Crippen LogP contribution in [0.15, 0.2) is 35.3 Å². The number of para-hydroxylation sites is 1. The zero-order valence-electron chi connectivity index (χ0n) is 17.5. The summed E-state index contributed by atoms with van der Waals surface area (Å²) in [4.78, 5) is 11.8. The highest BCUT2D eigenvalue weighted by Gasteiger charge is 2.22. The minimum Gasteiger partial charge on any atom is -0.381 e. The van der Waals surface area contributed by atoms with Crippen LogP contribution in [0, 0.1) is 5.92 Å². The Bertz CT molecular complexity index is 586. The van der Waals surface area contributed by atoms with Crippen LogP contribution in [0.2, 0.25) is 0 Å². The number of halogens is 1. The molecule has 1 aromatic rings. The highest BCUT2D eigenvalue weighted by Crippen LogP contribution is 2.16. The highest BCUT2D eigenvalue weighted by atomic mass is 127. The largest absolute Gasteiger partial charge is 0.381 e. The Balaban J connectivity index is 0.00000280. The summed E-state index contributed by atoms with van der Waals surface area (Å²) < 4.78 is 5.49. The van der Waals surface area contributed by atoms with Gasteiger partial charge in [-0.1, -0.05) is 18.2 Å². The van der Waals surface area contributed by atoms with Gasteiger partial charge in [0.1, 0.15) is 0 Å². The third-order valence-electron chi connectivity index (χ3n) is 5.74. The number of hydrogen-bond donors (Lipinski definition) is 1. The fourth-order valence-electron chi connectivity index (χ4n) is 4.01. The van der Waals surface area contributed by atoms with Crippen LogP contribution in [0.5, 0.6) is 0 Å². The molecule has 1 N–H and O–H groups in total. The summed E-state index contributed by atoms with van der Waals surface area (Å²) in [6.07, 6.45) is 1.16. The number of nitrogens with one attached hydrogen (secondary N) is 1. The van der Waals surface area contributed by atoms with E-state index in [2.05, 4.69) is 69.3 Å². The summed E-state index contributed by atoms with van der Waals surface area (Å²) in [7, 11) is 3.99. The minimum atomic E-state index is 0. The van der Waals surface area contributed by atoms with Crippen molar-refractivity contribution in [1.82, 2.24) is 15.1 Å². The van der Waals surface area contributed by atoms with Crippen molar-refractivity contribution in [3.8, 4) is 0 Å². The Morgan fingerprint density at radius 2 is 1.96 bits per heavy atom. The Morgan fingerprint density at radius 1 is 1.25 bits per heavy atom. The molecule has 0 aliphatic carbocycles. The van der Waals surface area contributed by atoms with Crippen molar-refractivity contribution < 1.29 is 4.74 Å². The van der Waals surface area contributed by atoms with Gasteiger partial charge < -0.3 is 19.9 Å². The van der Waals surface area contributed by atoms with E-state index in [1.54, 1.807) is 0 Å². The van der Waals surface area contributed by atoms with Crippen LogP contribution in [-0.4, -0.2) is 88.4 Å². The van der Waals surface area contributed by atoms with Crippen LogP contribution in [0.3, 0.4) is 0 Å². The number of ether oxygens (including phenoxy) is 1. The monoisotopic (exact) mass is 501 g/mol. The zero-order chi connectivity index (χ0) is 19.1. The van der Waals surface area contributed by atoms with E-state index in [0.717, 1.165) is 64.9 Å². The molecule has 158 valence electrons. The number of aliphatic imine (C=N–C) groups is 1. The predicted molar refractivity (Wildman–Crippen MR) is 128 cm³/mol. The average molecular weight is 501 g/mol. The van der Waals surface area contributed by atoms with E-state index >= 15 is 0 Å². The molecule has 2 aliphatic rings. The summed E-state index contributed by atoms with van der Waals surface area (Å²) in [6, 6.07) is 11.2. The van der Waals surface area contributed by atoms with Gasteiger partial charge in [0.05, 0.1) is 6.61 Å². The van der Waals surface area contributed by atoms with E-state index < -0.39 is 0 Å². The molecule has 0 aromatic heterocycles. The van der Waals surface area contributed by atoms with Gasteiger partial charge in [-0.2, -0.15) is 0 Å². The molecule has 2 aliphatic heterocycles. The van der Waals surface area contributed by atoms with Gasteiger partial charge in [0.2, 0.25) is 0 Å². The Hall–Kier alpha value is -1.06. The third-order valence-corrected chi connectivity index (χ3v) is 5.74. The van der Waals surface area contributed by atoms with E-state index in [0.29, 0.717) is 12.0 Å². The number of rotatable bonds is 6. The van der Waals surface area contributed by atoms with Crippen molar-refractivity contribution >= 4 is 35.6 Å². The molecule has 28 heavy (non-hydrogen) atoms. The van der Waals surface area contributed by atoms with E-state index in [1.165, 1.54) is 5.69 Å². The van der Waals surface area contributed by atoms with Gasteiger partial charge in [-0.15, -0.1) is 24.0 Å². The van der Waals surface area contributed by atoms with Crippen molar-refractivity contribution in [2.24, 2.45) is 10.9 Å². The predicted octanol–water partition coefficient (Wildman–Crippen LogP) is 2.36. The quantitative estimate of drug-likeness (QED) is 0.369. The van der Waals surface area contributed by atoms with Crippen molar-refractivity contribution in [3.05, 3.63) is 30.3 Å². The number of benzene rings is 1. The molecule has 0 bridgehead atoms. The van der Waals surface area contributed by atoms with E-state index in [1.807, 2.05) is 7.05 Å². The Kier molecular flexibility index (Phi) is 9.81. The molecule has 2 atom stereocenters. The standard InChI is InChI=1S/C21H35N5O.HI/c1-18(15-23-21(22-2)24(3)16-19-9-14-27-17-19)25-10-12-26(13-11-25)20-7-5-4-6-8-20;/h4-8,18-19H,9-17H2,1-3H3,(H,22,23);1H. The van der Waals surface area contributed by atoms with Crippen LogP contribution in [0.25, 0.3) is 0 Å². The van der Waals surface area contributed by atoms with Crippen molar-refractivity contribution in [2.75, 3.05) is 71.5 Å². The smallest absolute Gasteiger partial charge is 0.193 e. The molecule has 0 amide bonds. The van der Waals surface area contributed by atoms with Gasteiger partial charge in [0, 0.05) is 77.6 Å². The molecule has 3 rings (SSSR count). The topological polar surface area (TPSA) is 43.3 Å². The summed E-state index contributed by atoms with van der Waals surface area (Å²) in [5.41, 5.74) is 1.33. The third kappa shape index (κ3) is 6.49. The van der Waals surface area contributed by atoms with Gasteiger partial charge in [0.25, 0.3) is 0 Å². The molecule has 2 unspecified atom stereocenters. The van der Waals surface area contributed by atoms with Gasteiger partial charge in [0.15, 0.2) is 5.96 Å². The molecule has 2 saturated heterocycles. The number of nitrogens with zero attached hydrogens (tertiary/aromatic N) is 4. The van der Waals surface area contributed by atoms with Crippen LogP contribution >= 0.6 is 24.0 Å². The molecule has 0 spiro atoms. The normalized spacial score (nSPS) is 21.9. The number of anilines is 1. The van der Waals surface area contributed by atoms with E-state index in [4.69, 9.17) is 4.74 Å². The SMILES string of the molecule is CN=C(NCC(C)N1CCN(c2ccccc2)CC1)N(C)CC1CCOC1.I. The lowest BCUT2D eigenvalue weighted by Gasteiger charge is -2.39. The first kappa shape index (κ1) is 23.2. The fourth-order valence-corrected chi connectivity index (χ4v) is 4.01. The van der Waals surface area contributed by atoms with Gasteiger partial charge in [-0.05, 0) is 25.5 Å². The van der Waals surface area contributed by atoms with Crippen LogP contribution in [-0.2, 0) is 4.74 Å². The summed E-state index contributed by atoms with van der Waals surface area (Å²) in [5.74, 6) is 1.61. The first-order valence-electron chi connectivity index (χ1n) is 10.2. The number of piperazine rings is 1. The molecule has 6 nitrogen and oxygen atoms in total. The second-order valence-electron chi connectivity index (χ2n) is 7.75. The second kappa shape index (κ2) is 11.8. The summed E-state index contributed by atoms with van der Waals surface area (Å²) >= 11 is 0. The molecular formula is C21H36IN5O. The van der Waals surface area contributed by atoms with Crippen LogP contribution in [0.4, 0.5) is 5.69 Å². The molecule has 0 saturated carbocycles. The first-order chi connectivity index (χ1) is 13.2. The summed E-state index contributed by atoms with van der Waals surface area (Å²) in [6.45, 7) is 10.4. The maximum Gasteiger partial charge on any atom is 0.193 e. The molecule has 2 heterocycles. The second-order valence-corrected chi connectivity index (χ2v) is 7.75. The first-order valence-corrected chi connectivity index (χ1v) is 10.2. The Labute approximate surface area is 187 Å². The molecule has 2 fully saturated rings. The average Bonchev–Trinajstić information content (AvgIpc) is 3.22. The van der Waals surface area contributed by atoms with Crippen molar-refractivity contribution in [1.29, 1.82) is 0 Å². The van der Waals surface area contributed by atoms with Gasteiger partial charge >= 0.3 is 0 Å². The molecule has 7 heteroatoms. The highest BCUT2D eigenvalue weighted by molar-refractivity contribution is 14.0. The maximum atomic E-state index is 5.49. The lowest BCUT2D eigenvalue weighted by molar-refractivity contribution is 0.180.